The minimum absolute atomic E-state index is 0.865. The van der Waals surface area contributed by atoms with Crippen molar-refractivity contribution in [3.05, 3.63) is 386 Å². The lowest BCUT2D eigenvalue weighted by Crippen LogP contribution is -2.74. The predicted octanol–water partition coefficient (Wildman–Crippen LogP) is 17.1. The quantitative estimate of drug-likeness (QED) is 0.0852. The van der Waals surface area contributed by atoms with Gasteiger partial charge in [-0.2, -0.15) is 0 Å². The number of rotatable bonds is 12. The van der Waals surface area contributed by atoms with Crippen LogP contribution in [-0.4, -0.2) is 25.3 Å². The van der Waals surface area contributed by atoms with E-state index in [1.807, 2.05) is 0 Å². The van der Waals surface area contributed by atoms with Crippen LogP contribution in [-0.2, 0) is 12.8 Å². The maximum absolute atomic E-state index is 2.80. The summed E-state index contributed by atoms with van der Waals surface area (Å²) < 4.78 is 5.10. The molecule has 0 saturated carbocycles. The van der Waals surface area contributed by atoms with Crippen molar-refractivity contribution in [3.63, 3.8) is 0 Å². The van der Waals surface area contributed by atoms with Gasteiger partial charge in [0.1, 0.15) is 0 Å². The van der Waals surface area contributed by atoms with Crippen molar-refractivity contribution in [1.29, 1.82) is 0 Å². The van der Waals surface area contributed by atoms with Gasteiger partial charge in [0.2, 0.25) is 0 Å². The molecule has 0 N–H and O–H groups in total. The third kappa shape index (κ3) is 8.55. The molecule has 0 unspecified atom stereocenters. The second kappa shape index (κ2) is 22.5. The fourth-order valence-corrected chi connectivity index (χ4v) is 26.6. The maximum atomic E-state index is 2.56. The molecule has 0 fully saturated rings. The van der Waals surface area contributed by atoms with Gasteiger partial charge in [-0.1, -0.05) is 309 Å². The number of hydrogen-bond donors (Lipinski definition) is 0. The van der Waals surface area contributed by atoms with Crippen molar-refractivity contribution >= 4 is 101 Å². The molecule has 19 rings (SSSR count). The smallest absolute Gasteiger partial charge is 0.179 e. The zero-order valence-electron chi connectivity index (χ0n) is 52.9. The van der Waals surface area contributed by atoms with E-state index in [4.69, 9.17) is 0 Å². The Kier molecular flexibility index (Phi) is 13.1. The standard InChI is InChI=1S/C92H64N2Si2/c1-9-28-69(29-10-1)93-89-54-48-77(95(71-32-13-3-14-33-71,72-34-15-4-16-35-72)73-36-17-5-18-37-73)61-85(89)81-52-50-79-83-57-65(44-46-67(83)59-87(79)91(81)93)63-26-25-27-64(56-63)66-45-47-68-60-88-80(84(68)58-66)51-53-82-86-62-78(49-55-90(86)94(92(82)88)70-30-11-2-12-31-70)96(74-38-19-6-20-39-74,75-40-21-7-22-41-75)76-42-23-8-24-43-76/h1-58,61-62H,59-60H2. The first kappa shape index (κ1) is 55.9. The Morgan fingerprint density at radius 1 is 0.208 bits per heavy atom. The molecule has 0 bridgehead atoms. The molecule has 2 aliphatic carbocycles. The minimum atomic E-state index is -2.80. The van der Waals surface area contributed by atoms with Crippen molar-refractivity contribution < 1.29 is 0 Å². The van der Waals surface area contributed by atoms with E-state index in [1.54, 1.807) is 0 Å². The molecule has 0 atom stereocenters. The van der Waals surface area contributed by atoms with Crippen LogP contribution < -0.4 is 41.5 Å². The first-order chi connectivity index (χ1) is 47.6. The van der Waals surface area contributed by atoms with Crippen LogP contribution in [0.2, 0.25) is 0 Å². The second-order valence-corrected chi connectivity index (χ2v) is 33.8. The Hall–Kier alpha value is -11.7. The van der Waals surface area contributed by atoms with Crippen molar-refractivity contribution in [2.45, 2.75) is 12.8 Å². The third-order valence-electron chi connectivity index (χ3n) is 21.3. The highest BCUT2D eigenvalue weighted by Crippen LogP contribution is 2.48. The molecule has 2 aliphatic rings. The third-order valence-corrected chi connectivity index (χ3v) is 30.8. The topological polar surface area (TPSA) is 9.86 Å². The van der Waals surface area contributed by atoms with Crippen LogP contribution in [0.1, 0.15) is 22.3 Å². The van der Waals surface area contributed by atoms with Gasteiger partial charge >= 0.3 is 0 Å². The van der Waals surface area contributed by atoms with Gasteiger partial charge in [0.15, 0.2) is 16.1 Å². The second-order valence-electron chi connectivity index (χ2n) is 26.2. The number of benzene rings is 15. The summed E-state index contributed by atoms with van der Waals surface area (Å²) in [5.74, 6) is 0. The van der Waals surface area contributed by atoms with Crippen molar-refractivity contribution in [2.24, 2.45) is 0 Å². The zero-order valence-corrected chi connectivity index (χ0v) is 54.9. The lowest BCUT2D eigenvalue weighted by molar-refractivity contribution is 1.15. The van der Waals surface area contributed by atoms with Crippen molar-refractivity contribution in [3.8, 4) is 55.9 Å². The van der Waals surface area contributed by atoms with Crippen LogP contribution in [0.3, 0.4) is 0 Å². The summed E-state index contributed by atoms with van der Waals surface area (Å²) in [4.78, 5) is 0. The van der Waals surface area contributed by atoms with Gasteiger partial charge in [-0.3, -0.25) is 0 Å². The lowest BCUT2D eigenvalue weighted by Gasteiger charge is -2.34. The van der Waals surface area contributed by atoms with E-state index in [9.17, 15) is 0 Å². The normalized spacial score (nSPS) is 12.5. The molecule has 17 aromatic rings. The van der Waals surface area contributed by atoms with E-state index in [2.05, 4.69) is 373 Å². The van der Waals surface area contributed by atoms with Crippen LogP contribution in [0.25, 0.3) is 99.5 Å². The molecule has 0 saturated heterocycles. The Morgan fingerprint density at radius 3 is 0.854 bits per heavy atom. The number of para-hydroxylation sites is 2. The number of fused-ring (bicyclic) bond motifs is 14. The first-order valence-electron chi connectivity index (χ1n) is 33.6. The summed E-state index contributed by atoms with van der Waals surface area (Å²) >= 11 is 0. The number of nitrogens with zero attached hydrogens (tertiary/aromatic N) is 2. The molecule has 2 nitrogen and oxygen atoms in total. The van der Waals surface area contributed by atoms with E-state index in [0.717, 1.165) is 12.8 Å². The molecule has 2 heterocycles. The Bertz CT molecular complexity index is 5290. The summed E-state index contributed by atoms with van der Waals surface area (Å²) in [6, 6.07) is 138. The summed E-state index contributed by atoms with van der Waals surface area (Å²) in [5, 5.41) is 16.1. The summed E-state index contributed by atoms with van der Waals surface area (Å²) in [6.45, 7) is 0. The zero-order chi connectivity index (χ0) is 63.3. The molecule has 0 spiro atoms. The predicted molar refractivity (Wildman–Crippen MR) is 410 cm³/mol. The molecule has 0 aliphatic heterocycles. The molecule has 4 heteroatoms. The number of hydrogen-bond acceptors (Lipinski definition) is 0. The molecule has 15 aromatic carbocycles. The average Bonchev–Trinajstić information content (AvgIpc) is 1.39. The van der Waals surface area contributed by atoms with Gasteiger partial charge in [0, 0.05) is 45.8 Å². The van der Waals surface area contributed by atoms with Crippen LogP contribution in [0.4, 0.5) is 0 Å². The molecular weight excluding hydrogens is 1190 g/mol. The van der Waals surface area contributed by atoms with Gasteiger partial charge in [-0.25, -0.2) is 0 Å². The minimum Gasteiger partial charge on any atom is -0.309 e. The Morgan fingerprint density at radius 2 is 0.521 bits per heavy atom. The van der Waals surface area contributed by atoms with Gasteiger partial charge in [0.25, 0.3) is 0 Å². The molecule has 0 radical (unpaired) electrons. The first-order valence-corrected chi connectivity index (χ1v) is 37.6. The Labute approximate surface area is 561 Å². The highest BCUT2D eigenvalue weighted by atomic mass is 28.3. The largest absolute Gasteiger partial charge is 0.309 e. The lowest BCUT2D eigenvalue weighted by atomic mass is 9.94. The summed E-state index contributed by atoms with van der Waals surface area (Å²) in [5.41, 5.74) is 23.0. The van der Waals surface area contributed by atoms with Crippen molar-refractivity contribution in [2.75, 3.05) is 0 Å². The monoisotopic (exact) mass is 1250 g/mol. The molecule has 2 aromatic heterocycles. The van der Waals surface area contributed by atoms with Gasteiger partial charge in [-0.15, -0.1) is 0 Å². The van der Waals surface area contributed by atoms with E-state index in [0.29, 0.717) is 0 Å². The van der Waals surface area contributed by atoms with Crippen molar-refractivity contribution in [1.82, 2.24) is 9.13 Å². The highest BCUT2D eigenvalue weighted by molar-refractivity contribution is 7.20. The fourth-order valence-electron chi connectivity index (χ4n) is 17.1. The van der Waals surface area contributed by atoms with E-state index in [1.165, 1.54) is 163 Å². The van der Waals surface area contributed by atoms with E-state index >= 15 is 0 Å². The number of aromatic nitrogens is 2. The Balaban J connectivity index is 0.709. The van der Waals surface area contributed by atoms with Gasteiger partial charge in [-0.05, 0) is 163 Å². The molecule has 96 heavy (non-hydrogen) atoms. The van der Waals surface area contributed by atoms with E-state index < -0.39 is 16.1 Å². The summed E-state index contributed by atoms with van der Waals surface area (Å²) in [6.07, 6.45) is 1.73. The van der Waals surface area contributed by atoms with Crippen LogP contribution in [0, 0.1) is 0 Å². The van der Waals surface area contributed by atoms with Crippen LogP contribution in [0.5, 0.6) is 0 Å². The average molecular weight is 1250 g/mol. The maximum Gasteiger partial charge on any atom is 0.179 e. The molecule has 0 amide bonds. The molecular formula is C92H64N2Si2. The van der Waals surface area contributed by atoms with Crippen LogP contribution >= 0.6 is 0 Å². The SMILES string of the molecule is c1ccc(-n2c3ccc([Si](c4ccccc4)(c4ccccc4)c4ccccc4)cc3c3ccc4c(c32)Cc2ccc(-c3cccc(-c5ccc6c(c5)-c5ccc7c8cc([Si](c9ccccc9)(c9ccccc9)c9ccccc9)ccc8n(-c8ccccc8)c7c5C6)c3)cc2-4)cc1. The van der Waals surface area contributed by atoms with Gasteiger partial charge in [0.05, 0.1) is 22.1 Å². The highest BCUT2D eigenvalue weighted by Gasteiger charge is 2.44. The van der Waals surface area contributed by atoms with Gasteiger partial charge < -0.3 is 9.13 Å². The van der Waals surface area contributed by atoms with E-state index in [-0.39, 0.29) is 0 Å². The van der Waals surface area contributed by atoms with Crippen LogP contribution in [0.15, 0.2) is 364 Å². The fraction of sp³-hybridized carbons (Fsp3) is 0.0217. The summed E-state index contributed by atoms with van der Waals surface area (Å²) in [7, 11) is -5.59. The molecule has 450 valence electrons.